The van der Waals surface area contributed by atoms with Gasteiger partial charge in [0, 0.05) is 3.57 Å². The number of rotatable bonds is 6. The number of carbonyl (C=O) groups excluding carboxylic acids is 1. The van der Waals surface area contributed by atoms with Gasteiger partial charge in [0.1, 0.15) is 5.60 Å². The Hall–Kier alpha value is -1.20. The van der Waals surface area contributed by atoms with Gasteiger partial charge in [-0.25, -0.2) is 14.3 Å². The highest BCUT2D eigenvalue weighted by atomic mass is 127. The fourth-order valence-corrected chi connectivity index (χ4v) is 2.99. The molecular weight excluding hydrogens is 516 g/mol. The molecule has 2 rings (SSSR count). The number of hydrogen-bond donors (Lipinski definition) is 3. The van der Waals surface area contributed by atoms with Gasteiger partial charge >= 0.3 is 0 Å². The third kappa shape index (κ3) is 5.41. The van der Waals surface area contributed by atoms with Gasteiger partial charge in [0.05, 0.1) is 33.6 Å². The highest BCUT2D eigenvalue weighted by Crippen LogP contribution is 2.34. The molecule has 0 aliphatic rings. The van der Waals surface area contributed by atoms with Crippen molar-refractivity contribution in [3.05, 3.63) is 55.1 Å². The summed E-state index contributed by atoms with van der Waals surface area (Å²) in [4.78, 5) is 17.5. The van der Waals surface area contributed by atoms with Gasteiger partial charge in [-0.3, -0.25) is 9.63 Å². The van der Waals surface area contributed by atoms with Crippen molar-refractivity contribution in [2.75, 3.05) is 11.9 Å². The molecule has 5 nitrogen and oxygen atoms in total. The number of amides is 1. The van der Waals surface area contributed by atoms with Crippen molar-refractivity contribution in [2.24, 2.45) is 0 Å². The minimum Gasteiger partial charge on any atom is -0.393 e. The molecule has 27 heavy (non-hydrogen) atoms. The highest BCUT2D eigenvalue weighted by molar-refractivity contribution is 14.1. The van der Waals surface area contributed by atoms with Crippen molar-refractivity contribution in [1.82, 2.24) is 5.48 Å². The second-order valence-corrected chi connectivity index (χ2v) is 8.17. The van der Waals surface area contributed by atoms with Crippen LogP contribution in [0.25, 0.3) is 0 Å². The molecule has 0 aliphatic carbocycles. The number of aliphatic hydroxyl groups excluding tert-OH is 1. The van der Waals surface area contributed by atoms with Crippen LogP contribution in [0.5, 0.6) is 0 Å². The first-order valence-electron chi connectivity index (χ1n) is 7.54. The summed E-state index contributed by atoms with van der Waals surface area (Å²) < 4.78 is 29.3. The fourth-order valence-electron chi connectivity index (χ4n) is 1.89. The average molecular weight is 531 g/mol. The van der Waals surface area contributed by atoms with Crippen molar-refractivity contribution in [3.63, 3.8) is 0 Å². The van der Waals surface area contributed by atoms with Crippen LogP contribution in [0.1, 0.15) is 24.2 Å². The Morgan fingerprint density at radius 3 is 2.48 bits per heavy atom. The van der Waals surface area contributed by atoms with Gasteiger partial charge in [0.2, 0.25) is 0 Å². The van der Waals surface area contributed by atoms with Gasteiger partial charge in [-0.15, -0.1) is 0 Å². The molecule has 0 aromatic heterocycles. The molecule has 146 valence electrons. The number of benzene rings is 2. The molecule has 1 amide bonds. The molecular formula is C17H15Cl2F2IN2O3. The summed E-state index contributed by atoms with van der Waals surface area (Å²) in [6.45, 7) is 2.67. The molecule has 0 aliphatic heterocycles. The molecule has 10 heteroatoms. The first-order valence-corrected chi connectivity index (χ1v) is 9.38. The predicted octanol–water partition coefficient (Wildman–Crippen LogP) is 5.05. The Morgan fingerprint density at radius 1 is 1.22 bits per heavy atom. The summed E-state index contributed by atoms with van der Waals surface area (Å²) in [7, 11) is 0. The second-order valence-electron chi connectivity index (χ2n) is 6.11. The summed E-state index contributed by atoms with van der Waals surface area (Å²) in [5, 5.41) is 11.5. The van der Waals surface area contributed by atoms with Crippen LogP contribution >= 0.6 is 45.8 Å². The van der Waals surface area contributed by atoms with E-state index in [0.29, 0.717) is 0 Å². The number of anilines is 2. The average Bonchev–Trinajstić information content (AvgIpc) is 2.61. The zero-order valence-electron chi connectivity index (χ0n) is 14.2. The Kier molecular flexibility index (Phi) is 7.26. The van der Waals surface area contributed by atoms with Crippen molar-refractivity contribution in [1.29, 1.82) is 0 Å². The summed E-state index contributed by atoms with van der Waals surface area (Å²) >= 11 is 13.8. The lowest BCUT2D eigenvalue weighted by Crippen LogP contribution is -2.38. The number of hydroxylamine groups is 1. The molecule has 0 fully saturated rings. The van der Waals surface area contributed by atoms with E-state index in [4.69, 9.17) is 33.1 Å². The number of carbonyl (C=O) groups is 1. The third-order valence-corrected chi connectivity index (χ3v) is 4.66. The zero-order valence-corrected chi connectivity index (χ0v) is 17.8. The van der Waals surface area contributed by atoms with Crippen LogP contribution in [0.4, 0.5) is 20.2 Å². The lowest BCUT2D eigenvalue weighted by molar-refractivity contribution is -0.0956. The quantitative estimate of drug-likeness (QED) is 0.277. The molecule has 0 unspecified atom stereocenters. The first-order chi connectivity index (χ1) is 12.6. The van der Waals surface area contributed by atoms with Crippen LogP contribution < -0.4 is 10.8 Å². The Labute approximate surface area is 178 Å². The van der Waals surface area contributed by atoms with E-state index in [-0.39, 0.29) is 22.9 Å². The van der Waals surface area contributed by atoms with E-state index in [9.17, 15) is 13.6 Å². The maximum atomic E-state index is 14.5. The molecule has 2 aromatic rings. The SMILES string of the molecule is CC(C)(CO)ONC(=O)c1cc(Cl)c(F)c(F)c1Nc1ccc(I)cc1Cl. The van der Waals surface area contributed by atoms with E-state index in [2.05, 4.69) is 10.8 Å². The highest BCUT2D eigenvalue weighted by Gasteiger charge is 2.25. The van der Waals surface area contributed by atoms with Crippen LogP contribution in [-0.2, 0) is 4.84 Å². The molecule has 3 N–H and O–H groups in total. The lowest BCUT2D eigenvalue weighted by Gasteiger charge is -2.22. The standard InChI is InChI=1S/C17H15Cl2F2IN2O3/c1-17(2,7-25)27-24-16(26)9-6-11(19)13(20)14(21)15(9)23-12-4-3-8(22)5-10(12)18/h3-6,23,25H,7H2,1-2H3,(H,24,26). The van der Waals surface area contributed by atoms with Gasteiger partial charge in [-0.1, -0.05) is 23.2 Å². The minimum absolute atomic E-state index is 0.251. The molecule has 0 bridgehead atoms. The van der Waals surface area contributed by atoms with E-state index >= 15 is 0 Å². The van der Waals surface area contributed by atoms with Crippen LogP contribution in [0, 0.1) is 15.2 Å². The normalized spacial score (nSPS) is 11.4. The molecule has 0 saturated carbocycles. The van der Waals surface area contributed by atoms with E-state index < -0.39 is 33.9 Å². The maximum Gasteiger partial charge on any atom is 0.277 e. The Balaban J connectivity index is 2.43. The monoisotopic (exact) mass is 530 g/mol. The largest absolute Gasteiger partial charge is 0.393 e. The van der Waals surface area contributed by atoms with E-state index in [0.717, 1.165) is 9.64 Å². The van der Waals surface area contributed by atoms with Gasteiger partial charge in [-0.2, -0.15) is 0 Å². The smallest absolute Gasteiger partial charge is 0.277 e. The molecule has 0 saturated heterocycles. The van der Waals surface area contributed by atoms with Crippen molar-refractivity contribution in [2.45, 2.75) is 19.4 Å². The zero-order chi connectivity index (χ0) is 20.4. The molecule has 0 atom stereocenters. The summed E-state index contributed by atoms with van der Waals surface area (Å²) in [6.07, 6.45) is 0. The predicted molar refractivity (Wildman–Crippen MR) is 109 cm³/mol. The maximum absolute atomic E-state index is 14.5. The number of aliphatic hydroxyl groups is 1. The van der Waals surface area contributed by atoms with Gasteiger partial charge in [-0.05, 0) is 60.7 Å². The Morgan fingerprint density at radius 2 is 1.89 bits per heavy atom. The molecule has 0 heterocycles. The molecule has 0 spiro atoms. The van der Waals surface area contributed by atoms with Gasteiger partial charge in [0.25, 0.3) is 5.91 Å². The topological polar surface area (TPSA) is 70.6 Å². The second kappa shape index (κ2) is 8.87. The summed E-state index contributed by atoms with van der Waals surface area (Å²) in [5.41, 5.74) is 0.523. The van der Waals surface area contributed by atoms with Crippen LogP contribution in [0.3, 0.4) is 0 Å². The van der Waals surface area contributed by atoms with E-state index in [1.807, 2.05) is 22.6 Å². The van der Waals surface area contributed by atoms with E-state index in [1.165, 1.54) is 13.8 Å². The van der Waals surface area contributed by atoms with Gasteiger partial charge < -0.3 is 10.4 Å². The minimum atomic E-state index is -1.34. The van der Waals surface area contributed by atoms with Crippen LogP contribution in [0.15, 0.2) is 24.3 Å². The number of hydrogen-bond acceptors (Lipinski definition) is 4. The summed E-state index contributed by atoms with van der Waals surface area (Å²) in [5.74, 6) is -3.54. The van der Waals surface area contributed by atoms with Crippen molar-refractivity contribution >= 4 is 63.1 Å². The number of halogens is 5. The van der Waals surface area contributed by atoms with Crippen molar-refractivity contribution in [3.8, 4) is 0 Å². The lowest BCUT2D eigenvalue weighted by atomic mass is 10.1. The third-order valence-electron chi connectivity index (χ3n) is 3.40. The Bertz CT molecular complexity index is 882. The first kappa shape index (κ1) is 22.1. The molecule has 0 radical (unpaired) electrons. The summed E-state index contributed by atoms with van der Waals surface area (Å²) in [6, 6.07) is 5.84. The fraction of sp³-hybridized carbons (Fsp3) is 0.235. The van der Waals surface area contributed by atoms with E-state index in [1.54, 1.807) is 18.2 Å². The number of nitrogens with one attached hydrogen (secondary N) is 2. The molecule has 2 aromatic carbocycles. The van der Waals surface area contributed by atoms with Crippen molar-refractivity contribution < 1.29 is 23.5 Å². The van der Waals surface area contributed by atoms with Crippen LogP contribution in [0.2, 0.25) is 10.0 Å². The van der Waals surface area contributed by atoms with Gasteiger partial charge in [0.15, 0.2) is 11.6 Å². The van der Waals surface area contributed by atoms with Crippen LogP contribution in [-0.4, -0.2) is 23.2 Å².